The van der Waals surface area contributed by atoms with Gasteiger partial charge in [0.25, 0.3) is 11.8 Å². The smallest absolute Gasteiger partial charge is 0.325 e. The molecular formula is C22H24N4O5. The highest BCUT2D eigenvalue weighted by Crippen LogP contribution is 2.33. The van der Waals surface area contributed by atoms with Gasteiger partial charge in [0.1, 0.15) is 30.1 Å². The van der Waals surface area contributed by atoms with Crippen molar-refractivity contribution < 1.29 is 23.5 Å². The number of hydrogen-bond donors (Lipinski definition) is 1. The SMILES string of the molecule is COc1ccc(C2=NN(C(=O)CN3C(=O)N[C@@H](C(C)C)C3=O)[C@H](c3ccco3)C2)cc1. The monoisotopic (exact) mass is 424 g/mol. The van der Waals surface area contributed by atoms with Crippen molar-refractivity contribution in [3.05, 3.63) is 54.0 Å². The minimum atomic E-state index is -0.627. The lowest BCUT2D eigenvalue weighted by molar-refractivity contribution is -0.139. The summed E-state index contributed by atoms with van der Waals surface area (Å²) >= 11 is 0. The Morgan fingerprint density at radius 3 is 2.58 bits per heavy atom. The van der Waals surface area contributed by atoms with E-state index in [4.69, 9.17) is 9.15 Å². The minimum Gasteiger partial charge on any atom is -0.497 e. The zero-order valence-electron chi connectivity index (χ0n) is 17.6. The van der Waals surface area contributed by atoms with Crippen molar-refractivity contribution in [2.24, 2.45) is 11.0 Å². The maximum atomic E-state index is 13.1. The number of furan rings is 1. The Balaban J connectivity index is 1.58. The van der Waals surface area contributed by atoms with Gasteiger partial charge in [-0.25, -0.2) is 9.80 Å². The molecule has 2 aromatic rings. The van der Waals surface area contributed by atoms with E-state index >= 15 is 0 Å². The van der Waals surface area contributed by atoms with Crippen LogP contribution in [0.4, 0.5) is 4.79 Å². The first-order valence-corrected chi connectivity index (χ1v) is 10.1. The second-order valence-electron chi connectivity index (χ2n) is 7.84. The molecule has 4 amide bonds. The maximum Gasteiger partial charge on any atom is 0.325 e. The summed E-state index contributed by atoms with van der Waals surface area (Å²) in [4.78, 5) is 38.9. The van der Waals surface area contributed by atoms with Crippen LogP contribution in [0.15, 0.2) is 52.2 Å². The van der Waals surface area contributed by atoms with Crippen molar-refractivity contribution in [1.82, 2.24) is 15.2 Å². The summed E-state index contributed by atoms with van der Waals surface area (Å²) in [7, 11) is 1.59. The van der Waals surface area contributed by atoms with Crippen LogP contribution in [-0.2, 0) is 9.59 Å². The Morgan fingerprint density at radius 2 is 2.00 bits per heavy atom. The average Bonchev–Trinajstić information content (AvgIpc) is 3.49. The third-order valence-electron chi connectivity index (χ3n) is 5.48. The molecule has 1 aromatic heterocycles. The van der Waals surface area contributed by atoms with Gasteiger partial charge in [-0.2, -0.15) is 5.10 Å². The molecule has 0 bridgehead atoms. The van der Waals surface area contributed by atoms with Crippen molar-refractivity contribution in [2.45, 2.75) is 32.4 Å². The molecule has 1 aromatic carbocycles. The van der Waals surface area contributed by atoms with E-state index in [1.54, 1.807) is 19.2 Å². The number of hydrogen-bond acceptors (Lipinski definition) is 6. The Kier molecular flexibility index (Phi) is 5.50. The lowest BCUT2D eigenvalue weighted by Gasteiger charge is -2.22. The van der Waals surface area contributed by atoms with Gasteiger partial charge in [-0.05, 0) is 47.9 Å². The fraction of sp³-hybridized carbons (Fsp3) is 0.364. The van der Waals surface area contributed by atoms with Crippen molar-refractivity contribution in [1.29, 1.82) is 0 Å². The molecule has 0 saturated carbocycles. The highest BCUT2D eigenvalue weighted by atomic mass is 16.5. The van der Waals surface area contributed by atoms with Gasteiger partial charge < -0.3 is 14.5 Å². The van der Waals surface area contributed by atoms with E-state index in [0.29, 0.717) is 17.9 Å². The van der Waals surface area contributed by atoms with Gasteiger partial charge in [0.15, 0.2) is 0 Å². The summed E-state index contributed by atoms with van der Waals surface area (Å²) in [5.41, 5.74) is 1.55. The van der Waals surface area contributed by atoms with E-state index in [-0.39, 0.29) is 12.5 Å². The first kappa shape index (κ1) is 20.6. The number of hydrazone groups is 1. The summed E-state index contributed by atoms with van der Waals surface area (Å²) in [6, 6.07) is 9.26. The molecule has 2 aliphatic heterocycles. The maximum absolute atomic E-state index is 13.1. The summed E-state index contributed by atoms with van der Waals surface area (Å²) in [6.07, 6.45) is 1.98. The molecule has 31 heavy (non-hydrogen) atoms. The molecule has 0 spiro atoms. The Labute approximate surface area is 179 Å². The highest BCUT2D eigenvalue weighted by Gasteiger charge is 2.43. The van der Waals surface area contributed by atoms with Crippen molar-refractivity contribution in [2.75, 3.05) is 13.7 Å². The van der Waals surface area contributed by atoms with E-state index in [1.807, 2.05) is 38.1 Å². The zero-order valence-corrected chi connectivity index (χ0v) is 17.6. The lowest BCUT2D eigenvalue weighted by atomic mass is 10.0. The molecule has 2 aliphatic rings. The number of amides is 4. The third-order valence-corrected chi connectivity index (χ3v) is 5.48. The fourth-order valence-corrected chi connectivity index (χ4v) is 3.75. The third kappa shape index (κ3) is 3.90. The number of rotatable bonds is 6. The van der Waals surface area contributed by atoms with Crippen LogP contribution in [0.2, 0.25) is 0 Å². The molecular weight excluding hydrogens is 400 g/mol. The molecule has 2 atom stereocenters. The molecule has 0 radical (unpaired) electrons. The summed E-state index contributed by atoms with van der Waals surface area (Å²) in [5.74, 6) is 0.368. The van der Waals surface area contributed by atoms with Gasteiger partial charge in [0, 0.05) is 6.42 Å². The predicted molar refractivity (Wildman–Crippen MR) is 111 cm³/mol. The first-order valence-electron chi connectivity index (χ1n) is 10.1. The molecule has 0 aliphatic carbocycles. The second-order valence-corrected chi connectivity index (χ2v) is 7.84. The number of benzene rings is 1. The molecule has 1 N–H and O–H groups in total. The Hall–Kier alpha value is -3.62. The van der Waals surface area contributed by atoms with E-state index in [2.05, 4.69) is 10.4 Å². The first-order chi connectivity index (χ1) is 14.9. The number of nitrogens with one attached hydrogen (secondary N) is 1. The molecule has 9 heteroatoms. The van der Waals surface area contributed by atoms with E-state index in [1.165, 1.54) is 11.3 Å². The topological polar surface area (TPSA) is 104 Å². The number of carbonyl (C=O) groups excluding carboxylic acids is 3. The quantitative estimate of drug-likeness (QED) is 0.718. The van der Waals surface area contributed by atoms with Crippen molar-refractivity contribution >= 4 is 23.6 Å². The standard InChI is InChI=1S/C22H24N4O5/c1-13(2)20-21(28)25(22(29)23-20)12-19(27)26-17(18-5-4-10-31-18)11-16(24-26)14-6-8-15(30-3)9-7-14/h4-10,13,17,20H,11-12H2,1-3H3,(H,23,29)/t17-,20-/m0/s1. The number of carbonyl (C=O) groups is 3. The predicted octanol–water partition coefficient (Wildman–Crippen LogP) is 2.54. The normalized spacial score (nSPS) is 21.0. The number of urea groups is 1. The fourth-order valence-electron chi connectivity index (χ4n) is 3.75. The van der Waals surface area contributed by atoms with E-state index in [0.717, 1.165) is 16.2 Å². The van der Waals surface area contributed by atoms with Crippen molar-refractivity contribution in [3.63, 3.8) is 0 Å². The number of imide groups is 1. The average molecular weight is 424 g/mol. The molecule has 162 valence electrons. The van der Waals surface area contributed by atoms with Crippen LogP contribution in [0, 0.1) is 5.92 Å². The van der Waals surface area contributed by atoms with Gasteiger partial charge in [0.05, 0.1) is 19.1 Å². The Morgan fingerprint density at radius 1 is 1.26 bits per heavy atom. The van der Waals surface area contributed by atoms with Crippen LogP contribution in [0.5, 0.6) is 5.75 Å². The van der Waals surface area contributed by atoms with Crippen LogP contribution in [0.1, 0.15) is 37.6 Å². The van der Waals surface area contributed by atoms with Gasteiger partial charge in [0.2, 0.25) is 0 Å². The Bertz CT molecular complexity index is 1010. The van der Waals surface area contributed by atoms with Crippen LogP contribution in [0.25, 0.3) is 0 Å². The highest BCUT2D eigenvalue weighted by molar-refractivity contribution is 6.07. The molecule has 1 fully saturated rings. The molecule has 1 saturated heterocycles. The molecule has 3 heterocycles. The van der Waals surface area contributed by atoms with E-state index in [9.17, 15) is 14.4 Å². The number of nitrogens with zero attached hydrogens (tertiary/aromatic N) is 3. The molecule has 4 rings (SSSR count). The summed E-state index contributed by atoms with van der Waals surface area (Å²) < 4.78 is 10.7. The van der Waals surface area contributed by atoms with Gasteiger partial charge in [-0.1, -0.05) is 13.8 Å². The van der Waals surface area contributed by atoms with Gasteiger partial charge in [-0.15, -0.1) is 0 Å². The lowest BCUT2D eigenvalue weighted by Crippen LogP contribution is -2.42. The van der Waals surface area contributed by atoms with Crippen LogP contribution < -0.4 is 10.1 Å². The van der Waals surface area contributed by atoms with Gasteiger partial charge >= 0.3 is 6.03 Å². The number of methoxy groups -OCH3 is 1. The van der Waals surface area contributed by atoms with E-state index < -0.39 is 29.9 Å². The summed E-state index contributed by atoms with van der Waals surface area (Å²) in [6.45, 7) is 3.30. The minimum absolute atomic E-state index is 0.0705. The summed E-state index contributed by atoms with van der Waals surface area (Å²) in [5, 5.41) is 8.47. The zero-order chi connectivity index (χ0) is 22.1. The molecule has 9 nitrogen and oxygen atoms in total. The van der Waals surface area contributed by atoms with Crippen LogP contribution in [0.3, 0.4) is 0 Å². The van der Waals surface area contributed by atoms with Gasteiger partial charge in [-0.3, -0.25) is 14.5 Å². The second kappa shape index (κ2) is 8.25. The number of ether oxygens (including phenoxy) is 1. The van der Waals surface area contributed by atoms with Crippen LogP contribution in [-0.4, -0.2) is 53.2 Å². The molecule has 0 unspecified atom stereocenters. The largest absolute Gasteiger partial charge is 0.497 e. The van der Waals surface area contributed by atoms with Crippen molar-refractivity contribution in [3.8, 4) is 5.75 Å². The van der Waals surface area contributed by atoms with Crippen LogP contribution >= 0.6 is 0 Å².